The third kappa shape index (κ3) is 5.53. The fourth-order valence-corrected chi connectivity index (χ4v) is 3.29. The first-order valence-corrected chi connectivity index (χ1v) is 9.62. The van der Waals surface area contributed by atoms with Crippen LogP contribution < -0.4 is 5.32 Å². The van der Waals surface area contributed by atoms with E-state index in [9.17, 15) is 14.7 Å². The Balaban J connectivity index is 1.47. The summed E-state index contributed by atoms with van der Waals surface area (Å²) in [4.78, 5) is 31.3. The summed E-state index contributed by atoms with van der Waals surface area (Å²) in [5.41, 5.74) is 1.98. The number of unbranched alkanes of at least 4 members (excludes halogenated alkanes) is 1. The second kappa shape index (κ2) is 9.84. The molecule has 1 aliphatic rings. The molecule has 3 rings (SSSR count). The van der Waals surface area contributed by atoms with Crippen molar-refractivity contribution in [2.45, 2.75) is 32.1 Å². The van der Waals surface area contributed by atoms with Crippen LogP contribution in [0.5, 0.6) is 0 Å². The van der Waals surface area contributed by atoms with Gasteiger partial charge in [-0.05, 0) is 57.5 Å². The molecule has 2 aromatic heterocycles. The molecule has 1 fully saturated rings. The molecule has 2 aromatic rings. The lowest BCUT2D eigenvalue weighted by Crippen LogP contribution is -2.40. The summed E-state index contributed by atoms with van der Waals surface area (Å²) in [7, 11) is 0. The molecule has 3 N–H and O–H groups in total. The van der Waals surface area contributed by atoms with E-state index in [-0.39, 0.29) is 6.54 Å². The first-order valence-electron chi connectivity index (χ1n) is 9.62. The number of piperidine rings is 1. The molecular formula is C19H26N6O3. The fraction of sp³-hybridized carbons (Fsp3) is 0.474. The number of anilines is 1. The standard InChI is InChI=1S/C19H26N6O3/c26-18(23-16-6-7-17(20-14-16)15-12-21-22-13-15)25(19(27)28)11-5-4-10-24-8-2-1-3-9-24/h6-7,12-14H,1-5,8-11H2,(H,21,22)(H,23,26)(H,27,28). The predicted molar refractivity (Wildman–Crippen MR) is 105 cm³/mol. The van der Waals surface area contributed by atoms with Crippen molar-refractivity contribution < 1.29 is 14.7 Å². The van der Waals surface area contributed by atoms with E-state index in [1.165, 1.54) is 25.5 Å². The van der Waals surface area contributed by atoms with Gasteiger partial charge in [0.25, 0.3) is 0 Å². The highest BCUT2D eigenvalue weighted by Gasteiger charge is 2.20. The number of aromatic nitrogens is 3. The van der Waals surface area contributed by atoms with Gasteiger partial charge in [0.2, 0.25) is 0 Å². The summed E-state index contributed by atoms with van der Waals surface area (Å²) in [6.07, 6.45) is 8.89. The minimum atomic E-state index is -1.25. The zero-order valence-electron chi connectivity index (χ0n) is 15.8. The quantitative estimate of drug-likeness (QED) is 0.629. The van der Waals surface area contributed by atoms with Crippen molar-refractivity contribution in [3.8, 4) is 11.3 Å². The maximum Gasteiger partial charge on any atom is 0.415 e. The van der Waals surface area contributed by atoms with Gasteiger partial charge in [-0.3, -0.25) is 10.1 Å². The van der Waals surface area contributed by atoms with Gasteiger partial charge >= 0.3 is 12.1 Å². The van der Waals surface area contributed by atoms with Crippen molar-refractivity contribution in [1.29, 1.82) is 0 Å². The van der Waals surface area contributed by atoms with Crippen LogP contribution in [0.4, 0.5) is 15.3 Å². The number of rotatable bonds is 7. The van der Waals surface area contributed by atoms with Crippen molar-refractivity contribution >= 4 is 17.8 Å². The van der Waals surface area contributed by atoms with E-state index in [0.717, 1.165) is 36.5 Å². The third-order valence-corrected chi connectivity index (χ3v) is 4.84. The van der Waals surface area contributed by atoms with Gasteiger partial charge in [0, 0.05) is 18.3 Å². The number of nitrogens with zero attached hydrogens (tertiary/aromatic N) is 4. The van der Waals surface area contributed by atoms with Gasteiger partial charge in [-0.15, -0.1) is 0 Å². The molecule has 0 bridgehead atoms. The molecule has 0 aliphatic carbocycles. The Morgan fingerprint density at radius 3 is 2.64 bits per heavy atom. The van der Waals surface area contributed by atoms with E-state index >= 15 is 0 Å². The van der Waals surface area contributed by atoms with Crippen LogP contribution in [-0.2, 0) is 0 Å². The van der Waals surface area contributed by atoms with Crippen LogP contribution >= 0.6 is 0 Å². The number of carbonyl (C=O) groups is 2. The van der Waals surface area contributed by atoms with Gasteiger partial charge in [-0.2, -0.15) is 5.10 Å². The molecular weight excluding hydrogens is 360 g/mol. The Hall–Kier alpha value is -2.94. The monoisotopic (exact) mass is 386 g/mol. The molecule has 1 aliphatic heterocycles. The van der Waals surface area contributed by atoms with Crippen LogP contribution in [0.3, 0.4) is 0 Å². The van der Waals surface area contributed by atoms with E-state index < -0.39 is 12.1 Å². The number of hydrogen-bond acceptors (Lipinski definition) is 5. The molecule has 28 heavy (non-hydrogen) atoms. The average Bonchev–Trinajstić information content (AvgIpc) is 3.23. The molecule has 9 nitrogen and oxygen atoms in total. The number of likely N-dealkylation sites (tertiary alicyclic amines) is 1. The lowest BCUT2D eigenvalue weighted by atomic mass is 10.1. The average molecular weight is 386 g/mol. The smallest absolute Gasteiger partial charge is 0.415 e. The number of carboxylic acid groups (broad SMARTS) is 1. The number of nitrogens with one attached hydrogen (secondary N) is 2. The molecule has 0 spiro atoms. The van der Waals surface area contributed by atoms with Crippen molar-refractivity contribution in [1.82, 2.24) is 25.0 Å². The largest absolute Gasteiger partial charge is 0.465 e. The highest BCUT2D eigenvalue weighted by molar-refractivity contribution is 5.98. The second-order valence-corrected chi connectivity index (χ2v) is 6.89. The Bertz CT molecular complexity index is 756. The maximum atomic E-state index is 12.3. The molecule has 0 saturated carbocycles. The van der Waals surface area contributed by atoms with E-state index in [2.05, 4.69) is 25.4 Å². The van der Waals surface area contributed by atoms with Crippen molar-refractivity contribution in [2.24, 2.45) is 0 Å². The Morgan fingerprint density at radius 1 is 1.18 bits per heavy atom. The SMILES string of the molecule is O=C(O)N(CCCCN1CCCCC1)C(=O)Nc1ccc(-c2cn[nH]c2)nc1. The number of amides is 3. The van der Waals surface area contributed by atoms with Crippen molar-refractivity contribution in [3.05, 3.63) is 30.7 Å². The minimum absolute atomic E-state index is 0.176. The topological polar surface area (TPSA) is 114 Å². The Kier molecular flexibility index (Phi) is 6.96. The molecule has 9 heteroatoms. The first-order chi connectivity index (χ1) is 13.6. The van der Waals surface area contributed by atoms with Crippen LogP contribution in [0.15, 0.2) is 30.7 Å². The van der Waals surface area contributed by atoms with Crippen LogP contribution in [0.1, 0.15) is 32.1 Å². The third-order valence-electron chi connectivity index (χ3n) is 4.84. The molecule has 3 amide bonds. The molecule has 1 saturated heterocycles. The summed E-state index contributed by atoms with van der Waals surface area (Å²) in [6, 6.07) is 2.76. The predicted octanol–water partition coefficient (Wildman–Crippen LogP) is 3.25. The summed E-state index contributed by atoms with van der Waals surface area (Å²) < 4.78 is 0. The molecule has 3 heterocycles. The van der Waals surface area contributed by atoms with E-state index in [0.29, 0.717) is 17.8 Å². The van der Waals surface area contributed by atoms with Crippen LogP contribution in [0, 0.1) is 0 Å². The number of aromatic amines is 1. The van der Waals surface area contributed by atoms with Crippen LogP contribution in [-0.4, -0.2) is 68.4 Å². The molecule has 0 aromatic carbocycles. The fourth-order valence-electron chi connectivity index (χ4n) is 3.29. The van der Waals surface area contributed by atoms with Gasteiger partial charge in [0.15, 0.2) is 0 Å². The lowest BCUT2D eigenvalue weighted by molar-refractivity contribution is 0.151. The van der Waals surface area contributed by atoms with E-state index in [1.54, 1.807) is 24.5 Å². The Labute approximate surface area is 163 Å². The maximum absolute atomic E-state index is 12.3. The summed E-state index contributed by atoms with van der Waals surface area (Å²) in [5.74, 6) is 0. The highest BCUT2D eigenvalue weighted by Crippen LogP contribution is 2.17. The number of pyridine rings is 1. The summed E-state index contributed by atoms with van der Waals surface area (Å²) in [6.45, 7) is 3.36. The van der Waals surface area contributed by atoms with Gasteiger partial charge in [0.1, 0.15) is 0 Å². The second-order valence-electron chi connectivity index (χ2n) is 6.89. The number of hydrogen-bond donors (Lipinski definition) is 3. The lowest BCUT2D eigenvalue weighted by Gasteiger charge is -2.26. The molecule has 0 atom stereocenters. The number of carbonyl (C=O) groups excluding carboxylic acids is 1. The van der Waals surface area contributed by atoms with Gasteiger partial charge in [0.05, 0.1) is 23.8 Å². The molecule has 0 unspecified atom stereocenters. The summed E-state index contributed by atoms with van der Waals surface area (Å²) >= 11 is 0. The number of imide groups is 1. The molecule has 150 valence electrons. The van der Waals surface area contributed by atoms with Crippen LogP contribution in [0.25, 0.3) is 11.3 Å². The molecule has 0 radical (unpaired) electrons. The number of H-pyrrole nitrogens is 1. The normalized spacial score (nSPS) is 14.6. The van der Waals surface area contributed by atoms with E-state index in [1.807, 2.05) is 0 Å². The zero-order chi connectivity index (χ0) is 19.8. The first kappa shape index (κ1) is 19.8. The van der Waals surface area contributed by atoms with Crippen LogP contribution in [0.2, 0.25) is 0 Å². The zero-order valence-corrected chi connectivity index (χ0v) is 15.8. The van der Waals surface area contributed by atoms with E-state index in [4.69, 9.17) is 0 Å². The highest BCUT2D eigenvalue weighted by atomic mass is 16.4. The minimum Gasteiger partial charge on any atom is -0.465 e. The number of urea groups is 1. The summed E-state index contributed by atoms with van der Waals surface area (Å²) in [5, 5.41) is 18.5. The van der Waals surface area contributed by atoms with Gasteiger partial charge < -0.3 is 15.3 Å². The Morgan fingerprint density at radius 2 is 2.00 bits per heavy atom. The van der Waals surface area contributed by atoms with Crippen molar-refractivity contribution in [2.75, 3.05) is 31.5 Å². The van der Waals surface area contributed by atoms with Gasteiger partial charge in [-0.1, -0.05) is 6.42 Å². The van der Waals surface area contributed by atoms with Crippen molar-refractivity contribution in [3.63, 3.8) is 0 Å². The van der Waals surface area contributed by atoms with Gasteiger partial charge in [-0.25, -0.2) is 14.5 Å².